The van der Waals surface area contributed by atoms with Gasteiger partial charge in [0.05, 0.1) is 18.8 Å². The average molecular weight is 480 g/mol. The van der Waals surface area contributed by atoms with E-state index in [4.69, 9.17) is 14.1 Å². The first-order valence-corrected chi connectivity index (χ1v) is 9.64. The van der Waals surface area contributed by atoms with E-state index in [0.717, 1.165) is 64.0 Å². The van der Waals surface area contributed by atoms with Crippen LogP contribution in [0, 0.1) is 0 Å². The maximum absolute atomic E-state index is 5.64. The van der Waals surface area contributed by atoms with Gasteiger partial charge in [-0.3, -0.25) is 9.89 Å². The molecule has 0 radical (unpaired) electrons. The SMILES string of the molecule is CCNC(=NCC(c1ccco1)N(CC)CC)NCCCCOCC.I. The molecule has 6 nitrogen and oxygen atoms in total. The minimum atomic E-state index is 0. The van der Waals surface area contributed by atoms with Crippen LogP contribution in [0.3, 0.4) is 0 Å². The molecule has 0 aromatic carbocycles. The number of aliphatic imine (C=N–C) groups is 1. The van der Waals surface area contributed by atoms with Crippen LogP contribution < -0.4 is 10.6 Å². The molecule has 0 amide bonds. The Labute approximate surface area is 176 Å². The number of ether oxygens (including phenoxy) is 1. The molecule has 0 aliphatic carbocycles. The second-order valence-corrected chi connectivity index (χ2v) is 5.80. The van der Waals surface area contributed by atoms with Gasteiger partial charge in [0.15, 0.2) is 5.96 Å². The molecule has 0 aliphatic rings. The van der Waals surface area contributed by atoms with Gasteiger partial charge in [0.1, 0.15) is 5.76 Å². The summed E-state index contributed by atoms with van der Waals surface area (Å²) >= 11 is 0. The van der Waals surface area contributed by atoms with Crippen LogP contribution in [0.15, 0.2) is 27.8 Å². The molecule has 0 saturated carbocycles. The molecule has 0 spiro atoms. The average Bonchev–Trinajstić information content (AvgIpc) is 3.15. The van der Waals surface area contributed by atoms with Crippen LogP contribution in [0.25, 0.3) is 0 Å². The van der Waals surface area contributed by atoms with Crippen molar-refractivity contribution in [3.8, 4) is 0 Å². The number of hydrogen-bond donors (Lipinski definition) is 2. The molecule has 26 heavy (non-hydrogen) atoms. The van der Waals surface area contributed by atoms with E-state index >= 15 is 0 Å². The molecule has 0 aliphatic heterocycles. The number of nitrogens with zero attached hydrogens (tertiary/aromatic N) is 2. The summed E-state index contributed by atoms with van der Waals surface area (Å²) < 4.78 is 11.0. The lowest BCUT2D eigenvalue weighted by Crippen LogP contribution is -2.39. The van der Waals surface area contributed by atoms with Crippen molar-refractivity contribution in [1.29, 1.82) is 0 Å². The number of unbranched alkanes of at least 4 members (excludes halogenated alkanes) is 1. The molecular weight excluding hydrogens is 443 g/mol. The highest BCUT2D eigenvalue weighted by Gasteiger charge is 2.20. The van der Waals surface area contributed by atoms with E-state index in [2.05, 4.69) is 36.3 Å². The van der Waals surface area contributed by atoms with Gasteiger partial charge in [0, 0.05) is 26.3 Å². The molecule has 0 bridgehead atoms. The van der Waals surface area contributed by atoms with Gasteiger partial charge >= 0.3 is 0 Å². The third kappa shape index (κ3) is 9.78. The van der Waals surface area contributed by atoms with Crippen LogP contribution in [0.4, 0.5) is 0 Å². The van der Waals surface area contributed by atoms with E-state index < -0.39 is 0 Å². The minimum absolute atomic E-state index is 0. The maximum Gasteiger partial charge on any atom is 0.191 e. The van der Waals surface area contributed by atoms with Gasteiger partial charge in [0.25, 0.3) is 0 Å². The van der Waals surface area contributed by atoms with Crippen LogP contribution in [0.5, 0.6) is 0 Å². The molecular formula is C19H37IN4O2. The first kappa shape index (κ1) is 25.2. The molecule has 2 N–H and O–H groups in total. The van der Waals surface area contributed by atoms with Crippen molar-refractivity contribution in [2.24, 2.45) is 4.99 Å². The predicted octanol–water partition coefficient (Wildman–Crippen LogP) is 3.65. The van der Waals surface area contributed by atoms with Gasteiger partial charge in [-0.1, -0.05) is 13.8 Å². The quantitative estimate of drug-likeness (QED) is 0.195. The van der Waals surface area contributed by atoms with Crippen molar-refractivity contribution in [3.63, 3.8) is 0 Å². The lowest BCUT2D eigenvalue weighted by molar-refractivity contribution is 0.143. The summed E-state index contributed by atoms with van der Waals surface area (Å²) in [6.45, 7) is 14.4. The summed E-state index contributed by atoms with van der Waals surface area (Å²) in [6, 6.07) is 4.14. The second kappa shape index (κ2) is 16.4. The van der Waals surface area contributed by atoms with Gasteiger partial charge in [-0.15, -0.1) is 24.0 Å². The monoisotopic (exact) mass is 480 g/mol. The normalized spacial score (nSPS) is 12.7. The van der Waals surface area contributed by atoms with E-state index in [0.29, 0.717) is 6.54 Å². The van der Waals surface area contributed by atoms with Crippen molar-refractivity contribution in [1.82, 2.24) is 15.5 Å². The van der Waals surface area contributed by atoms with E-state index in [9.17, 15) is 0 Å². The Morgan fingerprint density at radius 2 is 1.96 bits per heavy atom. The summed E-state index contributed by atoms with van der Waals surface area (Å²) in [7, 11) is 0. The smallest absolute Gasteiger partial charge is 0.191 e. The van der Waals surface area contributed by atoms with E-state index in [1.54, 1.807) is 6.26 Å². The fourth-order valence-corrected chi connectivity index (χ4v) is 2.73. The highest BCUT2D eigenvalue weighted by atomic mass is 127. The van der Waals surface area contributed by atoms with Crippen LogP contribution in [0.2, 0.25) is 0 Å². The van der Waals surface area contributed by atoms with Gasteiger partial charge in [-0.05, 0) is 51.9 Å². The van der Waals surface area contributed by atoms with E-state index in [-0.39, 0.29) is 30.0 Å². The van der Waals surface area contributed by atoms with Crippen LogP contribution in [-0.4, -0.2) is 56.8 Å². The van der Waals surface area contributed by atoms with Crippen molar-refractivity contribution in [2.45, 2.75) is 46.6 Å². The van der Waals surface area contributed by atoms with Crippen molar-refractivity contribution in [3.05, 3.63) is 24.2 Å². The summed E-state index contributed by atoms with van der Waals surface area (Å²) in [5, 5.41) is 6.73. The third-order valence-corrected chi connectivity index (χ3v) is 4.10. The number of guanidine groups is 1. The second-order valence-electron chi connectivity index (χ2n) is 5.80. The molecule has 1 atom stereocenters. The minimum Gasteiger partial charge on any atom is -0.468 e. The Bertz CT molecular complexity index is 450. The van der Waals surface area contributed by atoms with Crippen LogP contribution in [0.1, 0.15) is 52.3 Å². The first-order valence-electron chi connectivity index (χ1n) is 9.64. The highest BCUT2D eigenvalue weighted by molar-refractivity contribution is 14.0. The van der Waals surface area contributed by atoms with Gasteiger partial charge in [-0.25, -0.2) is 0 Å². The van der Waals surface area contributed by atoms with Gasteiger partial charge < -0.3 is 19.8 Å². The summed E-state index contributed by atoms with van der Waals surface area (Å²) in [5.74, 6) is 1.84. The molecule has 1 aromatic rings. The van der Waals surface area contributed by atoms with Crippen molar-refractivity contribution < 1.29 is 9.15 Å². The van der Waals surface area contributed by atoms with E-state index in [1.807, 2.05) is 19.1 Å². The van der Waals surface area contributed by atoms with Crippen LogP contribution in [-0.2, 0) is 4.74 Å². The Hall–Kier alpha value is -0.800. The predicted molar refractivity (Wildman–Crippen MR) is 119 cm³/mol. The Morgan fingerprint density at radius 1 is 1.19 bits per heavy atom. The van der Waals surface area contributed by atoms with Gasteiger partial charge in [0.2, 0.25) is 0 Å². The molecule has 152 valence electrons. The zero-order chi connectivity index (χ0) is 18.3. The molecule has 0 fully saturated rings. The Kier molecular flexibility index (Phi) is 15.9. The highest BCUT2D eigenvalue weighted by Crippen LogP contribution is 2.21. The lowest BCUT2D eigenvalue weighted by atomic mass is 10.2. The van der Waals surface area contributed by atoms with Crippen molar-refractivity contribution >= 4 is 29.9 Å². The number of nitrogens with one attached hydrogen (secondary N) is 2. The molecule has 1 aromatic heterocycles. The fraction of sp³-hybridized carbons (Fsp3) is 0.737. The third-order valence-electron chi connectivity index (χ3n) is 4.10. The number of hydrogen-bond acceptors (Lipinski definition) is 4. The summed E-state index contributed by atoms with van der Waals surface area (Å²) in [6.07, 6.45) is 3.87. The number of likely N-dealkylation sites (N-methyl/N-ethyl adjacent to an activating group) is 1. The summed E-state index contributed by atoms with van der Waals surface area (Å²) in [5.41, 5.74) is 0. The Balaban J connectivity index is 0.00000625. The lowest BCUT2D eigenvalue weighted by Gasteiger charge is -2.27. The zero-order valence-electron chi connectivity index (χ0n) is 16.8. The van der Waals surface area contributed by atoms with Gasteiger partial charge in [-0.2, -0.15) is 0 Å². The zero-order valence-corrected chi connectivity index (χ0v) is 19.1. The van der Waals surface area contributed by atoms with E-state index in [1.165, 1.54) is 0 Å². The Morgan fingerprint density at radius 3 is 2.54 bits per heavy atom. The number of furan rings is 1. The number of rotatable bonds is 13. The van der Waals surface area contributed by atoms with Crippen molar-refractivity contribution in [2.75, 3.05) is 45.9 Å². The topological polar surface area (TPSA) is 62.0 Å². The maximum atomic E-state index is 5.64. The fourth-order valence-electron chi connectivity index (χ4n) is 2.73. The standard InChI is InChI=1S/C19H36N4O2.HI/c1-5-20-19(21-13-9-10-14-24-8-4)22-16-17(23(6-2)7-3)18-12-11-15-25-18;/h11-12,15,17H,5-10,13-14,16H2,1-4H3,(H2,20,21,22);1H. The number of halogens is 1. The summed E-state index contributed by atoms with van der Waals surface area (Å²) in [4.78, 5) is 7.15. The largest absolute Gasteiger partial charge is 0.468 e. The molecule has 1 heterocycles. The first-order chi connectivity index (χ1) is 12.3. The molecule has 1 rings (SSSR count). The molecule has 0 saturated heterocycles. The van der Waals surface area contributed by atoms with Crippen LogP contribution >= 0.6 is 24.0 Å². The molecule has 1 unspecified atom stereocenters. The molecule has 7 heteroatoms.